The molecule has 0 aromatic carbocycles. The second-order valence-electron chi connectivity index (χ2n) is 6.47. The minimum Gasteiger partial charge on any atom is -0.381 e. The molecule has 2 aliphatic rings. The number of hydrogen-bond acceptors (Lipinski definition) is 4. The summed E-state index contributed by atoms with van der Waals surface area (Å²) in [7, 11) is 2.04. The van der Waals surface area contributed by atoms with Crippen LogP contribution in [0.2, 0.25) is 0 Å². The fourth-order valence-corrected chi connectivity index (χ4v) is 3.19. The lowest BCUT2D eigenvalue weighted by Gasteiger charge is -2.48. The lowest BCUT2D eigenvalue weighted by Crippen LogP contribution is -2.58. The molecule has 2 saturated heterocycles. The van der Waals surface area contributed by atoms with E-state index in [1.54, 1.807) is 0 Å². The van der Waals surface area contributed by atoms with Crippen molar-refractivity contribution in [2.24, 2.45) is 5.41 Å². The van der Waals surface area contributed by atoms with Crippen LogP contribution in [0.25, 0.3) is 0 Å². The van der Waals surface area contributed by atoms with Gasteiger partial charge in [0.2, 0.25) is 0 Å². The van der Waals surface area contributed by atoms with Crippen molar-refractivity contribution in [3.63, 3.8) is 0 Å². The molecule has 0 spiro atoms. The minimum atomic E-state index is 0.149. The van der Waals surface area contributed by atoms with Gasteiger partial charge in [-0.05, 0) is 33.7 Å². The highest BCUT2D eigenvalue weighted by molar-refractivity contribution is 4.93. The number of hydrogen-bond donors (Lipinski definition) is 1. The molecule has 2 rings (SSSR count). The molecule has 0 aliphatic carbocycles. The maximum absolute atomic E-state index is 5.75. The summed E-state index contributed by atoms with van der Waals surface area (Å²) in [4.78, 5) is 2.59. The molecule has 0 aromatic rings. The molecule has 1 atom stereocenters. The number of nitrogens with zero attached hydrogens (tertiary/aromatic N) is 1. The summed E-state index contributed by atoms with van der Waals surface area (Å²) in [6.07, 6.45) is 2.45. The summed E-state index contributed by atoms with van der Waals surface area (Å²) < 4.78 is 11.4. The third-order valence-electron chi connectivity index (χ3n) is 4.30. The molecule has 4 nitrogen and oxygen atoms in total. The summed E-state index contributed by atoms with van der Waals surface area (Å²) in [5.74, 6) is 0. The van der Waals surface area contributed by atoms with E-state index in [0.717, 1.165) is 46.1 Å². The molecule has 4 heteroatoms. The Morgan fingerprint density at radius 2 is 1.94 bits per heavy atom. The molecule has 1 unspecified atom stereocenters. The Labute approximate surface area is 111 Å². The SMILES string of the molecule is CNCC1(CN2CCOCC2(C)C)CCCOC1. The molecule has 2 heterocycles. The van der Waals surface area contributed by atoms with Crippen LogP contribution >= 0.6 is 0 Å². The normalized spacial score (nSPS) is 33.5. The van der Waals surface area contributed by atoms with Gasteiger partial charge in [0.05, 0.1) is 19.8 Å². The Kier molecular flexibility index (Phi) is 4.64. The van der Waals surface area contributed by atoms with Crippen LogP contribution in [0.4, 0.5) is 0 Å². The van der Waals surface area contributed by atoms with Crippen molar-refractivity contribution in [1.29, 1.82) is 0 Å². The van der Waals surface area contributed by atoms with E-state index in [1.807, 2.05) is 7.05 Å². The van der Waals surface area contributed by atoms with Crippen LogP contribution in [0.5, 0.6) is 0 Å². The number of morpholine rings is 1. The van der Waals surface area contributed by atoms with Crippen LogP contribution in [0.1, 0.15) is 26.7 Å². The van der Waals surface area contributed by atoms with Crippen molar-refractivity contribution >= 4 is 0 Å². The molecule has 0 aromatic heterocycles. The van der Waals surface area contributed by atoms with Gasteiger partial charge in [0.25, 0.3) is 0 Å². The zero-order valence-electron chi connectivity index (χ0n) is 12.1. The first-order valence-electron chi connectivity index (χ1n) is 7.13. The number of rotatable bonds is 4. The standard InChI is InChI=1S/C14H28N2O2/c1-13(2)11-18-8-6-16(13)10-14(9-15-3)5-4-7-17-12-14/h15H,4-12H2,1-3H3. The average Bonchev–Trinajstić information content (AvgIpc) is 2.33. The van der Waals surface area contributed by atoms with Gasteiger partial charge >= 0.3 is 0 Å². The first-order valence-corrected chi connectivity index (χ1v) is 7.13. The van der Waals surface area contributed by atoms with Gasteiger partial charge in [0.15, 0.2) is 0 Å². The second kappa shape index (κ2) is 5.87. The molecule has 2 aliphatic heterocycles. The van der Waals surface area contributed by atoms with E-state index in [-0.39, 0.29) is 11.0 Å². The lowest BCUT2D eigenvalue weighted by molar-refractivity contribution is -0.0921. The Morgan fingerprint density at radius 1 is 1.17 bits per heavy atom. The molecular weight excluding hydrogens is 228 g/mol. The predicted molar refractivity (Wildman–Crippen MR) is 72.9 cm³/mol. The highest BCUT2D eigenvalue weighted by Gasteiger charge is 2.39. The fraction of sp³-hybridized carbons (Fsp3) is 1.00. The van der Waals surface area contributed by atoms with Crippen molar-refractivity contribution in [3.8, 4) is 0 Å². The van der Waals surface area contributed by atoms with Crippen LogP contribution in [-0.4, -0.2) is 63.5 Å². The third-order valence-corrected chi connectivity index (χ3v) is 4.30. The predicted octanol–water partition coefficient (Wildman–Crippen LogP) is 1.11. The smallest absolute Gasteiger partial charge is 0.0645 e. The number of nitrogens with one attached hydrogen (secondary N) is 1. The topological polar surface area (TPSA) is 33.7 Å². The largest absolute Gasteiger partial charge is 0.381 e. The Hall–Kier alpha value is -0.160. The summed E-state index contributed by atoms with van der Waals surface area (Å²) in [6.45, 7) is 11.3. The van der Waals surface area contributed by atoms with Gasteiger partial charge in [-0.1, -0.05) is 0 Å². The van der Waals surface area contributed by atoms with Gasteiger partial charge in [-0.3, -0.25) is 4.90 Å². The quantitative estimate of drug-likeness (QED) is 0.817. The Balaban J connectivity index is 2.03. The van der Waals surface area contributed by atoms with Gasteiger partial charge in [-0.25, -0.2) is 0 Å². The maximum atomic E-state index is 5.75. The summed E-state index contributed by atoms with van der Waals surface area (Å²) >= 11 is 0. The molecule has 2 fully saturated rings. The van der Waals surface area contributed by atoms with Crippen molar-refractivity contribution in [2.45, 2.75) is 32.2 Å². The first kappa shape index (κ1) is 14.3. The molecule has 0 amide bonds. The molecule has 0 radical (unpaired) electrons. The monoisotopic (exact) mass is 256 g/mol. The molecule has 1 N–H and O–H groups in total. The molecule has 0 saturated carbocycles. The molecule has 0 bridgehead atoms. The van der Waals surface area contributed by atoms with E-state index in [0.29, 0.717) is 0 Å². The Morgan fingerprint density at radius 3 is 2.56 bits per heavy atom. The first-order chi connectivity index (χ1) is 8.58. The van der Waals surface area contributed by atoms with Crippen molar-refractivity contribution < 1.29 is 9.47 Å². The van der Waals surface area contributed by atoms with E-state index < -0.39 is 0 Å². The average molecular weight is 256 g/mol. The highest BCUT2D eigenvalue weighted by Crippen LogP contribution is 2.32. The van der Waals surface area contributed by atoms with Gasteiger partial charge in [-0.2, -0.15) is 0 Å². The zero-order valence-corrected chi connectivity index (χ0v) is 12.1. The lowest BCUT2D eigenvalue weighted by atomic mass is 9.80. The third kappa shape index (κ3) is 3.23. The minimum absolute atomic E-state index is 0.149. The van der Waals surface area contributed by atoms with Crippen LogP contribution in [0.15, 0.2) is 0 Å². The summed E-state index contributed by atoms with van der Waals surface area (Å²) in [6, 6.07) is 0. The van der Waals surface area contributed by atoms with Gasteiger partial charge in [0, 0.05) is 37.2 Å². The van der Waals surface area contributed by atoms with Crippen molar-refractivity contribution in [1.82, 2.24) is 10.2 Å². The van der Waals surface area contributed by atoms with Crippen LogP contribution in [0, 0.1) is 5.41 Å². The van der Waals surface area contributed by atoms with E-state index in [4.69, 9.17) is 9.47 Å². The van der Waals surface area contributed by atoms with E-state index in [9.17, 15) is 0 Å². The van der Waals surface area contributed by atoms with Crippen LogP contribution in [0.3, 0.4) is 0 Å². The molecular formula is C14H28N2O2. The molecule has 106 valence electrons. The van der Waals surface area contributed by atoms with E-state index >= 15 is 0 Å². The Bertz CT molecular complexity index is 257. The van der Waals surface area contributed by atoms with Crippen molar-refractivity contribution in [2.75, 3.05) is 53.1 Å². The van der Waals surface area contributed by atoms with Gasteiger partial charge in [-0.15, -0.1) is 0 Å². The van der Waals surface area contributed by atoms with Crippen molar-refractivity contribution in [3.05, 3.63) is 0 Å². The zero-order chi connectivity index (χ0) is 13.1. The van der Waals surface area contributed by atoms with E-state index in [1.165, 1.54) is 12.8 Å². The van der Waals surface area contributed by atoms with E-state index in [2.05, 4.69) is 24.1 Å². The number of ether oxygens (including phenoxy) is 2. The fourth-order valence-electron chi connectivity index (χ4n) is 3.19. The second-order valence-corrected chi connectivity index (χ2v) is 6.47. The molecule has 18 heavy (non-hydrogen) atoms. The van der Waals surface area contributed by atoms with Crippen LogP contribution in [-0.2, 0) is 9.47 Å². The van der Waals surface area contributed by atoms with Gasteiger partial charge < -0.3 is 14.8 Å². The highest BCUT2D eigenvalue weighted by atomic mass is 16.5. The summed E-state index contributed by atoms with van der Waals surface area (Å²) in [5, 5.41) is 3.36. The summed E-state index contributed by atoms with van der Waals surface area (Å²) in [5.41, 5.74) is 0.429. The van der Waals surface area contributed by atoms with Gasteiger partial charge in [0.1, 0.15) is 0 Å². The van der Waals surface area contributed by atoms with Crippen LogP contribution < -0.4 is 5.32 Å². The maximum Gasteiger partial charge on any atom is 0.0645 e.